The minimum atomic E-state index is -0.698. The van der Waals surface area contributed by atoms with Gasteiger partial charge in [0.25, 0.3) is 11.8 Å². The smallest absolute Gasteiger partial charge is 0.341 e. The molecule has 0 bridgehead atoms. The number of amides is 3. The average molecular weight is 764 g/mol. The summed E-state index contributed by atoms with van der Waals surface area (Å²) in [5.74, 6) is -1.24. The van der Waals surface area contributed by atoms with Crippen LogP contribution in [0.3, 0.4) is 0 Å². The Morgan fingerprint density at radius 1 is 0.925 bits per heavy atom. The zero-order valence-electron chi connectivity index (χ0n) is 29.2. The minimum Gasteiger partial charge on any atom is -0.462 e. The van der Waals surface area contributed by atoms with Gasteiger partial charge in [0.2, 0.25) is 5.91 Å². The Balaban J connectivity index is 1.25. The lowest BCUT2D eigenvalue weighted by atomic mass is 9.88. The predicted molar refractivity (Wildman–Crippen MR) is 214 cm³/mol. The minimum absolute atomic E-state index is 0.00279. The molecule has 0 saturated heterocycles. The van der Waals surface area contributed by atoms with Gasteiger partial charge < -0.3 is 20.7 Å². The zero-order valence-corrected chi connectivity index (χ0v) is 31.6. The van der Waals surface area contributed by atoms with Crippen molar-refractivity contribution in [2.24, 2.45) is 5.92 Å². The van der Waals surface area contributed by atoms with Crippen molar-refractivity contribution in [2.45, 2.75) is 43.3 Å². The van der Waals surface area contributed by atoms with Gasteiger partial charge in [-0.2, -0.15) is 0 Å². The van der Waals surface area contributed by atoms with Gasteiger partial charge in [0.15, 0.2) is 0 Å². The lowest BCUT2D eigenvalue weighted by Crippen LogP contribution is -2.30. The molecule has 1 aromatic heterocycles. The lowest BCUT2D eigenvalue weighted by molar-refractivity contribution is -0.116. The maximum Gasteiger partial charge on any atom is 0.341 e. The number of thiophene rings is 1. The van der Waals surface area contributed by atoms with Crippen molar-refractivity contribution in [3.8, 4) is 0 Å². The summed E-state index contributed by atoms with van der Waals surface area (Å²) in [5, 5.41) is 8.95. The van der Waals surface area contributed by atoms with E-state index in [0.717, 1.165) is 35.3 Å². The molecule has 3 N–H and O–H groups in total. The van der Waals surface area contributed by atoms with E-state index in [1.165, 1.54) is 29.2 Å². The van der Waals surface area contributed by atoms with E-state index < -0.39 is 23.0 Å². The van der Waals surface area contributed by atoms with Crippen LogP contribution < -0.4 is 16.0 Å². The Bertz CT molecular complexity index is 2150. The van der Waals surface area contributed by atoms with Gasteiger partial charge in [0, 0.05) is 26.0 Å². The van der Waals surface area contributed by atoms with Crippen molar-refractivity contribution in [3.05, 3.63) is 153 Å². The average Bonchev–Trinajstić information content (AvgIpc) is 3.52. The first-order valence-electron chi connectivity index (χ1n) is 17.3. The normalized spacial score (nSPS) is 14.4. The van der Waals surface area contributed by atoms with Gasteiger partial charge in [-0.3, -0.25) is 14.4 Å². The van der Waals surface area contributed by atoms with Crippen LogP contribution >= 0.6 is 34.7 Å². The molecule has 270 valence electrons. The third-order valence-corrected chi connectivity index (χ3v) is 11.4. The van der Waals surface area contributed by atoms with E-state index in [1.807, 2.05) is 36.4 Å². The standard InChI is InChI=1S/C42H38ClN3O5S2/c1-3-51-42(50)36-32-22-21-26(2)23-35(32)53-41(36)46-40(49)37(27-13-6-4-7-14-27)52-31-19-12-18-30(25-31)44-39(48)34(24-29-17-10-11-20-33(29)43)45-38(47)28-15-8-5-9-16-28/h4-20,24-26,37H,3,21-23H2,1-2H3,(H,44,48)(H,45,47)(H,46,49)/b34-24+. The molecule has 6 rings (SSSR count). The van der Waals surface area contributed by atoms with E-state index in [4.69, 9.17) is 16.3 Å². The van der Waals surface area contributed by atoms with Crippen molar-refractivity contribution in [1.29, 1.82) is 0 Å². The van der Waals surface area contributed by atoms with E-state index in [2.05, 4.69) is 22.9 Å². The molecule has 53 heavy (non-hydrogen) atoms. The van der Waals surface area contributed by atoms with Crippen LogP contribution in [0.5, 0.6) is 0 Å². The SMILES string of the molecule is CCOC(=O)c1c(NC(=O)C(Sc2cccc(NC(=O)/C(=C\c3ccccc3Cl)NC(=O)c3ccccc3)c2)c2ccccc2)sc2c1CCC(C)C2. The molecule has 0 spiro atoms. The molecule has 2 unspecified atom stereocenters. The largest absolute Gasteiger partial charge is 0.462 e. The van der Waals surface area contributed by atoms with Crippen molar-refractivity contribution in [2.75, 3.05) is 17.2 Å². The molecule has 1 aliphatic rings. The summed E-state index contributed by atoms with van der Waals surface area (Å²) >= 11 is 9.17. The van der Waals surface area contributed by atoms with Crippen LogP contribution in [0.25, 0.3) is 6.08 Å². The first-order chi connectivity index (χ1) is 25.7. The predicted octanol–water partition coefficient (Wildman–Crippen LogP) is 9.58. The van der Waals surface area contributed by atoms with Crippen molar-refractivity contribution < 1.29 is 23.9 Å². The van der Waals surface area contributed by atoms with Crippen LogP contribution in [-0.4, -0.2) is 30.3 Å². The van der Waals surface area contributed by atoms with E-state index in [9.17, 15) is 19.2 Å². The van der Waals surface area contributed by atoms with Crippen molar-refractivity contribution >= 4 is 75.2 Å². The fraction of sp³-hybridized carbons (Fsp3) is 0.190. The van der Waals surface area contributed by atoms with E-state index >= 15 is 0 Å². The monoisotopic (exact) mass is 763 g/mol. The summed E-state index contributed by atoms with van der Waals surface area (Å²) < 4.78 is 5.43. The number of benzene rings is 4. The van der Waals surface area contributed by atoms with Gasteiger partial charge in [0.05, 0.1) is 12.2 Å². The van der Waals surface area contributed by atoms with Crippen LogP contribution in [0.4, 0.5) is 10.7 Å². The quantitative estimate of drug-likeness (QED) is 0.0663. The molecule has 0 radical (unpaired) electrons. The number of esters is 1. The number of halogens is 1. The fourth-order valence-corrected chi connectivity index (χ4v) is 8.68. The van der Waals surface area contributed by atoms with E-state index in [0.29, 0.717) is 43.2 Å². The second-order valence-electron chi connectivity index (χ2n) is 12.6. The Labute approximate surface area is 322 Å². The molecule has 0 fully saturated rings. The molecule has 8 nitrogen and oxygen atoms in total. The number of hydrogen-bond acceptors (Lipinski definition) is 7. The van der Waals surface area contributed by atoms with Crippen LogP contribution in [0.1, 0.15) is 67.8 Å². The Kier molecular flexibility index (Phi) is 12.5. The maximum absolute atomic E-state index is 14.2. The van der Waals surface area contributed by atoms with Gasteiger partial charge in [-0.15, -0.1) is 23.1 Å². The second-order valence-corrected chi connectivity index (χ2v) is 15.2. The van der Waals surface area contributed by atoms with Gasteiger partial charge in [-0.05, 0) is 91.3 Å². The highest BCUT2D eigenvalue weighted by Crippen LogP contribution is 2.42. The maximum atomic E-state index is 14.2. The van der Waals surface area contributed by atoms with Gasteiger partial charge in [-0.1, -0.05) is 91.3 Å². The highest BCUT2D eigenvalue weighted by molar-refractivity contribution is 8.00. The Morgan fingerprint density at radius 3 is 2.38 bits per heavy atom. The van der Waals surface area contributed by atoms with Crippen LogP contribution in [0.15, 0.2) is 120 Å². The Hall–Kier alpha value is -5.16. The van der Waals surface area contributed by atoms with Crippen LogP contribution in [0, 0.1) is 5.92 Å². The molecular formula is C42H38ClN3O5S2. The molecule has 1 aliphatic carbocycles. The zero-order chi connectivity index (χ0) is 37.3. The molecule has 1 heterocycles. The summed E-state index contributed by atoms with van der Waals surface area (Å²) in [4.78, 5) is 56.1. The molecule has 0 saturated carbocycles. The number of fused-ring (bicyclic) bond motifs is 1. The molecule has 4 aromatic carbocycles. The number of carbonyl (C=O) groups excluding carboxylic acids is 4. The summed E-state index contributed by atoms with van der Waals surface area (Å²) in [7, 11) is 0. The fourth-order valence-electron chi connectivity index (χ4n) is 6.01. The molecule has 3 amide bonds. The highest BCUT2D eigenvalue weighted by Gasteiger charge is 2.31. The topological polar surface area (TPSA) is 114 Å². The number of ether oxygens (including phenoxy) is 1. The van der Waals surface area contributed by atoms with E-state index in [1.54, 1.807) is 79.7 Å². The van der Waals surface area contributed by atoms with Gasteiger partial charge in [0.1, 0.15) is 15.9 Å². The summed E-state index contributed by atoms with van der Waals surface area (Å²) in [5.41, 5.74) is 3.59. The Morgan fingerprint density at radius 2 is 1.64 bits per heavy atom. The number of nitrogens with one attached hydrogen (secondary N) is 3. The van der Waals surface area contributed by atoms with Crippen LogP contribution in [-0.2, 0) is 27.2 Å². The highest BCUT2D eigenvalue weighted by atomic mass is 35.5. The van der Waals surface area contributed by atoms with E-state index in [-0.39, 0.29) is 18.2 Å². The third-order valence-electron chi connectivity index (χ3n) is 8.65. The molecule has 2 atom stereocenters. The van der Waals surface area contributed by atoms with Crippen molar-refractivity contribution in [1.82, 2.24) is 5.32 Å². The summed E-state index contributed by atoms with van der Waals surface area (Å²) in [6, 6.07) is 32.2. The number of carbonyl (C=O) groups is 4. The van der Waals surface area contributed by atoms with Crippen molar-refractivity contribution in [3.63, 3.8) is 0 Å². The second kappa shape index (κ2) is 17.6. The molecule has 11 heteroatoms. The molecule has 0 aliphatic heterocycles. The summed E-state index contributed by atoms with van der Waals surface area (Å²) in [6.07, 6.45) is 4.11. The number of thioether (sulfide) groups is 1. The first-order valence-corrected chi connectivity index (χ1v) is 19.4. The molecule has 5 aromatic rings. The summed E-state index contributed by atoms with van der Waals surface area (Å²) in [6.45, 7) is 4.20. The van der Waals surface area contributed by atoms with Gasteiger partial charge in [-0.25, -0.2) is 4.79 Å². The lowest BCUT2D eigenvalue weighted by Gasteiger charge is -2.19. The molecular weight excluding hydrogens is 726 g/mol. The first kappa shape index (κ1) is 37.6. The number of rotatable bonds is 12. The number of anilines is 2. The number of hydrogen-bond donors (Lipinski definition) is 3. The van der Waals surface area contributed by atoms with Crippen LogP contribution in [0.2, 0.25) is 5.02 Å². The van der Waals surface area contributed by atoms with Gasteiger partial charge >= 0.3 is 5.97 Å². The third kappa shape index (κ3) is 9.45.